The normalized spacial score (nSPS) is 19.2. The number of nitrogens with one attached hydrogen (secondary N) is 2. The van der Waals surface area contributed by atoms with Gasteiger partial charge in [-0.25, -0.2) is 0 Å². The molecule has 0 spiro atoms. The summed E-state index contributed by atoms with van der Waals surface area (Å²) in [5, 5.41) is 5.91. The van der Waals surface area contributed by atoms with E-state index in [9.17, 15) is 14.4 Å². The summed E-state index contributed by atoms with van der Waals surface area (Å²) >= 11 is 0. The molecule has 1 saturated carbocycles. The van der Waals surface area contributed by atoms with Gasteiger partial charge in [0.1, 0.15) is 6.04 Å². The first-order valence-corrected chi connectivity index (χ1v) is 11.1. The fourth-order valence-corrected chi connectivity index (χ4v) is 3.92. The molecule has 1 aliphatic carbocycles. The molecule has 3 amide bonds. The van der Waals surface area contributed by atoms with Gasteiger partial charge in [-0.2, -0.15) is 0 Å². The standard InChI is InChI=1S/C25H29N3O3/c1-2-17-8-12-21(13-9-17)28-16-19(15-23(28)29)24(30)27-22(25(31)26-20-10-11-20)14-18-6-4-3-5-7-18/h3-9,12-13,19-20,22H,2,10-11,14-16H2,1H3,(H,26,31)(H,27,30). The molecular weight excluding hydrogens is 390 g/mol. The zero-order valence-corrected chi connectivity index (χ0v) is 17.8. The third-order valence-corrected chi connectivity index (χ3v) is 5.99. The second-order valence-corrected chi connectivity index (χ2v) is 8.46. The molecule has 1 saturated heterocycles. The smallest absolute Gasteiger partial charge is 0.243 e. The van der Waals surface area contributed by atoms with E-state index in [1.165, 1.54) is 5.56 Å². The fourth-order valence-electron chi connectivity index (χ4n) is 3.92. The molecule has 2 N–H and O–H groups in total. The van der Waals surface area contributed by atoms with E-state index >= 15 is 0 Å². The number of benzene rings is 2. The van der Waals surface area contributed by atoms with E-state index in [1.807, 2.05) is 54.6 Å². The van der Waals surface area contributed by atoms with Crippen LogP contribution in [0.25, 0.3) is 0 Å². The van der Waals surface area contributed by atoms with Crippen LogP contribution in [0.4, 0.5) is 5.69 Å². The van der Waals surface area contributed by atoms with Crippen molar-refractivity contribution in [2.24, 2.45) is 5.92 Å². The molecule has 2 aromatic rings. The molecule has 1 heterocycles. The van der Waals surface area contributed by atoms with Crippen LogP contribution in [0, 0.1) is 5.92 Å². The molecule has 0 radical (unpaired) electrons. The number of anilines is 1. The lowest BCUT2D eigenvalue weighted by Gasteiger charge is -2.21. The second-order valence-electron chi connectivity index (χ2n) is 8.46. The van der Waals surface area contributed by atoms with Gasteiger partial charge >= 0.3 is 0 Å². The van der Waals surface area contributed by atoms with Crippen LogP contribution in [0.5, 0.6) is 0 Å². The fraction of sp³-hybridized carbons (Fsp3) is 0.400. The van der Waals surface area contributed by atoms with Crippen LogP contribution < -0.4 is 15.5 Å². The summed E-state index contributed by atoms with van der Waals surface area (Å²) in [5.41, 5.74) is 3.00. The second kappa shape index (κ2) is 9.33. The maximum absolute atomic E-state index is 13.0. The highest BCUT2D eigenvalue weighted by Crippen LogP contribution is 2.26. The van der Waals surface area contributed by atoms with Crippen LogP contribution >= 0.6 is 0 Å². The number of hydrogen-bond acceptors (Lipinski definition) is 3. The van der Waals surface area contributed by atoms with Gasteiger partial charge in [-0.15, -0.1) is 0 Å². The Labute approximate surface area is 183 Å². The summed E-state index contributed by atoms with van der Waals surface area (Å²) in [5.74, 6) is -0.930. The van der Waals surface area contributed by atoms with Gasteiger partial charge in [-0.1, -0.05) is 49.4 Å². The van der Waals surface area contributed by atoms with Crippen molar-refractivity contribution in [3.05, 3.63) is 65.7 Å². The van der Waals surface area contributed by atoms with Gasteiger partial charge in [0, 0.05) is 31.1 Å². The first-order valence-electron chi connectivity index (χ1n) is 11.1. The number of carbonyl (C=O) groups is 3. The highest BCUT2D eigenvalue weighted by molar-refractivity contribution is 6.01. The predicted molar refractivity (Wildman–Crippen MR) is 120 cm³/mol. The molecule has 162 valence electrons. The van der Waals surface area contributed by atoms with E-state index in [2.05, 4.69) is 17.6 Å². The van der Waals surface area contributed by atoms with Crippen molar-refractivity contribution in [3.63, 3.8) is 0 Å². The average molecular weight is 420 g/mol. The van der Waals surface area contributed by atoms with Gasteiger partial charge in [0.25, 0.3) is 0 Å². The summed E-state index contributed by atoms with van der Waals surface area (Å²) in [7, 11) is 0. The maximum atomic E-state index is 13.0. The molecular formula is C25H29N3O3. The van der Waals surface area contributed by atoms with Gasteiger partial charge in [0.05, 0.1) is 5.92 Å². The Balaban J connectivity index is 1.42. The van der Waals surface area contributed by atoms with Crippen LogP contribution in [0.15, 0.2) is 54.6 Å². The Morgan fingerprint density at radius 1 is 1.03 bits per heavy atom. The Bertz CT molecular complexity index is 938. The molecule has 31 heavy (non-hydrogen) atoms. The van der Waals surface area contributed by atoms with Gasteiger partial charge in [-0.05, 0) is 42.5 Å². The largest absolute Gasteiger partial charge is 0.352 e. The molecule has 0 bridgehead atoms. The monoisotopic (exact) mass is 419 g/mol. The Morgan fingerprint density at radius 3 is 2.39 bits per heavy atom. The molecule has 4 rings (SSSR count). The number of aryl methyl sites for hydroxylation is 1. The van der Waals surface area contributed by atoms with Crippen LogP contribution in [-0.2, 0) is 27.2 Å². The molecule has 2 aliphatic rings. The van der Waals surface area contributed by atoms with Crippen molar-refractivity contribution >= 4 is 23.4 Å². The van der Waals surface area contributed by atoms with E-state index in [1.54, 1.807) is 4.90 Å². The highest BCUT2D eigenvalue weighted by atomic mass is 16.2. The first-order chi connectivity index (χ1) is 15.0. The summed E-state index contributed by atoms with van der Waals surface area (Å²) in [4.78, 5) is 40.0. The molecule has 6 heteroatoms. The Morgan fingerprint density at radius 2 is 1.74 bits per heavy atom. The molecule has 2 aromatic carbocycles. The summed E-state index contributed by atoms with van der Waals surface area (Å²) < 4.78 is 0. The quantitative estimate of drug-likeness (QED) is 0.690. The molecule has 2 atom stereocenters. The Hall–Kier alpha value is -3.15. The van der Waals surface area contributed by atoms with Crippen molar-refractivity contribution in [2.75, 3.05) is 11.4 Å². The molecule has 2 fully saturated rings. The topological polar surface area (TPSA) is 78.5 Å². The van der Waals surface area contributed by atoms with Crippen LogP contribution in [0.3, 0.4) is 0 Å². The number of amides is 3. The number of rotatable bonds is 8. The third kappa shape index (κ3) is 5.32. The minimum atomic E-state index is -0.650. The van der Waals surface area contributed by atoms with Crippen molar-refractivity contribution in [2.45, 2.75) is 51.1 Å². The molecule has 6 nitrogen and oxygen atoms in total. The summed E-state index contributed by atoms with van der Waals surface area (Å²) in [6.45, 7) is 2.42. The lowest BCUT2D eigenvalue weighted by molar-refractivity contribution is -0.131. The average Bonchev–Trinajstić information content (AvgIpc) is 3.52. The lowest BCUT2D eigenvalue weighted by Crippen LogP contribution is -2.50. The van der Waals surface area contributed by atoms with Gasteiger partial charge in [0.2, 0.25) is 17.7 Å². The summed E-state index contributed by atoms with van der Waals surface area (Å²) in [6, 6.07) is 17.1. The van der Waals surface area contributed by atoms with Crippen LogP contribution in [0.1, 0.15) is 37.3 Å². The lowest BCUT2D eigenvalue weighted by atomic mass is 10.0. The Kier molecular flexibility index (Phi) is 6.35. The number of hydrogen-bond donors (Lipinski definition) is 2. The highest BCUT2D eigenvalue weighted by Gasteiger charge is 2.37. The molecule has 1 aliphatic heterocycles. The SMILES string of the molecule is CCc1ccc(N2CC(C(=O)NC(Cc3ccccc3)C(=O)NC3CC3)CC2=O)cc1. The van der Waals surface area contributed by atoms with E-state index < -0.39 is 12.0 Å². The van der Waals surface area contributed by atoms with Crippen molar-refractivity contribution in [3.8, 4) is 0 Å². The minimum Gasteiger partial charge on any atom is -0.352 e. The zero-order chi connectivity index (χ0) is 21.8. The minimum absolute atomic E-state index is 0.0635. The van der Waals surface area contributed by atoms with Crippen LogP contribution in [-0.4, -0.2) is 36.3 Å². The van der Waals surface area contributed by atoms with E-state index in [-0.39, 0.29) is 30.2 Å². The van der Waals surface area contributed by atoms with Crippen molar-refractivity contribution in [1.29, 1.82) is 0 Å². The van der Waals surface area contributed by atoms with Crippen LogP contribution in [0.2, 0.25) is 0 Å². The molecule has 2 unspecified atom stereocenters. The number of carbonyl (C=O) groups excluding carboxylic acids is 3. The van der Waals surface area contributed by atoms with E-state index in [0.29, 0.717) is 13.0 Å². The van der Waals surface area contributed by atoms with E-state index in [4.69, 9.17) is 0 Å². The summed E-state index contributed by atoms with van der Waals surface area (Å²) in [6.07, 6.45) is 3.49. The van der Waals surface area contributed by atoms with E-state index in [0.717, 1.165) is 30.5 Å². The van der Waals surface area contributed by atoms with Crippen molar-refractivity contribution in [1.82, 2.24) is 10.6 Å². The van der Waals surface area contributed by atoms with Gasteiger partial charge < -0.3 is 15.5 Å². The first kappa shape index (κ1) is 21.1. The molecule has 0 aromatic heterocycles. The van der Waals surface area contributed by atoms with Gasteiger partial charge in [-0.3, -0.25) is 14.4 Å². The van der Waals surface area contributed by atoms with Gasteiger partial charge in [0.15, 0.2) is 0 Å². The number of nitrogens with zero attached hydrogens (tertiary/aromatic N) is 1. The predicted octanol–water partition coefficient (Wildman–Crippen LogP) is 2.61. The zero-order valence-electron chi connectivity index (χ0n) is 17.8. The van der Waals surface area contributed by atoms with Crippen molar-refractivity contribution < 1.29 is 14.4 Å². The third-order valence-electron chi connectivity index (χ3n) is 5.99. The maximum Gasteiger partial charge on any atom is 0.243 e.